The monoisotopic (exact) mass is 361 g/mol. The van der Waals surface area contributed by atoms with E-state index < -0.39 is 0 Å². The van der Waals surface area contributed by atoms with Crippen molar-refractivity contribution in [3.05, 3.63) is 23.8 Å². The van der Waals surface area contributed by atoms with Gasteiger partial charge >= 0.3 is 0 Å². The van der Waals surface area contributed by atoms with Crippen LogP contribution in [0.5, 0.6) is 11.5 Å². The minimum absolute atomic E-state index is 0.174. The summed E-state index contributed by atoms with van der Waals surface area (Å²) in [6.45, 7) is 4.83. The Kier molecular flexibility index (Phi) is 6.78. The lowest BCUT2D eigenvalue weighted by Gasteiger charge is -2.32. The lowest BCUT2D eigenvalue weighted by Crippen LogP contribution is -3.12. The maximum Gasteiger partial charge on any atom is 0.231 e. The molecule has 0 aliphatic carbocycles. The highest BCUT2D eigenvalue weighted by Gasteiger charge is 2.32. The predicted octanol–water partition coefficient (Wildman–Crippen LogP) is 1.90. The molecule has 1 unspecified atom stereocenters. The van der Waals surface area contributed by atoms with Crippen molar-refractivity contribution in [2.24, 2.45) is 5.92 Å². The third kappa shape index (κ3) is 4.50. The fourth-order valence-electron chi connectivity index (χ4n) is 4.43. The van der Waals surface area contributed by atoms with Gasteiger partial charge in [0, 0.05) is 13.1 Å². The van der Waals surface area contributed by atoms with Gasteiger partial charge in [-0.05, 0) is 37.8 Å². The minimum Gasteiger partial charge on any atom is -0.493 e. The van der Waals surface area contributed by atoms with Crippen molar-refractivity contribution >= 4 is 5.91 Å². The lowest BCUT2D eigenvalue weighted by molar-refractivity contribution is -0.921. The molecular formula is C21H33N2O3+. The molecule has 5 heteroatoms. The van der Waals surface area contributed by atoms with Crippen molar-refractivity contribution in [1.82, 2.24) is 4.90 Å². The van der Waals surface area contributed by atoms with Crippen molar-refractivity contribution in [3.63, 3.8) is 0 Å². The lowest BCUT2D eigenvalue weighted by atomic mass is 9.95. The maximum absolute atomic E-state index is 13.0. The van der Waals surface area contributed by atoms with Gasteiger partial charge in [-0.3, -0.25) is 4.79 Å². The summed E-state index contributed by atoms with van der Waals surface area (Å²) >= 11 is 0. The minimum atomic E-state index is 0.174. The van der Waals surface area contributed by atoms with E-state index in [1.807, 2.05) is 12.1 Å². The third-order valence-corrected chi connectivity index (χ3v) is 5.81. The van der Waals surface area contributed by atoms with E-state index in [1.165, 1.54) is 17.7 Å². The molecule has 0 saturated carbocycles. The zero-order chi connectivity index (χ0) is 18.4. The summed E-state index contributed by atoms with van der Waals surface area (Å²) in [4.78, 5) is 16.6. The molecule has 26 heavy (non-hydrogen) atoms. The highest BCUT2D eigenvalue weighted by Crippen LogP contribution is 2.30. The van der Waals surface area contributed by atoms with Crippen LogP contribution < -0.4 is 14.4 Å². The molecule has 2 aliphatic heterocycles. The maximum atomic E-state index is 13.0. The molecule has 2 atom stereocenters. The number of carbonyl (C=O) groups excluding carboxylic acids is 1. The SMILES string of the molecule is COc1cccc(C[NH+]2CCC[C@H](C(=O)N3CCCCCC3)C2)c1OC. The third-order valence-electron chi connectivity index (χ3n) is 5.81. The number of ether oxygens (including phenoxy) is 2. The van der Waals surface area contributed by atoms with Gasteiger partial charge in [-0.1, -0.05) is 18.9 Å². The van der Waals surface area contributed by atoms with E-state index in [-0.39, 0.29) is 5.92 Å². The number of quaternary nitrogens is 1. The number of hydrogen-bond acceptors (Lipinski definition) is 3. The number of methoxy groups -OCH3 is 2. The summed E-state index contributed by atoms with van der Waals surface area (Å²) < 4.78 is 11.0. The summed E-state index contributed by atoms with van der Waals surface area (Å²) in [5.74, 6) is 2.16. The summed E-state index contributed by atoms with van der Waals surface area (Å²) in [5.41, 5.74) is 1.16. The van der Waals surface area contributed by atoms with Gasteiger partial charge in [0.2, 0.25) is 5.91 Å². The van der Waals surface area contributed by atoms with Crippen LogP contribution in [0.4, 0.5) is 0 Å². The topological polar surface area (TPSA) is 43.2 Å². The second-order valence-corrected chi connectivity index (χ2v) is 7.61. The number of carbonyl (C=O) groups is 1. The van der Waals surface area contributed by atoms with Crippen LogP contribution >= 0.6 is 0 Å². The molecule has 2 fully saturated rings. The molecule has 1 aromatic rings. The van der Waals surface area contributed by atoms with Gasteiger partial charge in [0.1, 0.15) is 6.54 Å². The fraction of sp³-hybridized carbons (Fsp3) is 0.667. The van der Waals surface area contributed by atoms with E-state index in [9.17, 15) is 4.79 Å². The number of nitrogens with zero attached hydrogens (tertiary/aromatic N) is 1. The van der Waals surface area contributed by atoms with Gasteiger partial charge in [-0.2, -0.15) is 0 Å². The van der Waals surface area contributed by atoms with Gasteiger partial charge in [0.25, 0.3) is 0 Å². The van der Waals surface area contributed by atoms with Crippen LogP contribution in [-0.4, -0.2) is 51.2 Å². The second-order valence-electron chi connectivity index (χ2n) is 7.61. The number of rotatable bonds is 5. The molecule has 0 radical (unpaired) electrons. The number of hydrogen-bond donors (Lipinski definition) is 1. The van der Waals surface area contributed by atoms with E-state index in [4.69, 9.17) is 9.47 Å². The highest BCUT2D eigenvalue weighted by molar-refractivity contribution is 5.79. The molecule has 3 rings (SSSR count). The van der Waals surface area contributed by atoms with Crippen LogP contribution in [0, 0.1) is 5.92 Å². The molecule has 0 spiro atoms. The second kappa shape index (κ2) is 9.26. The molecule has 0 aromatic heterocycles. The number of benzene rings is 1. The highest BCUT2D eigenvalue weighted by atomic mass is 16.5. The molecule has 2 heterocycles. The van der Waals surface area contributed by atoms with Crippen LogP contribution in [0.2, 0.25) is 0 Å². The molecule has 1 N–H and O–H groups in total. The molecule has 144 valence electrons. The molecule has 5 nitrogen and oxygen atoms in total. The molecule has 1 aromatic carbocycles. The average Bonchev–Trinajstić information content (AvgIpc) is 2.97. The van der Waals surface area contributed by atoms with Crippen molar-refractivity contribution < 1.29 is 19.2 Å². The van der Waals surface area contributed by atoms with Gasteiger partial charge in [0.15, 0.2) is 11.5 Å². The van der Waals surface area contributed by atoms with Crippen molar-refractivity contribution in [2.45, 2.75) is 45.1 Å². The largest absolute Gasteiger partial charge is 0.493 e. The number of likely N-dealkylation sites (tertiary alicyclic amines) is 2. The van der Waals surface area contributed by atoms with Crippen LogP contribution in [-0.2, 0) is 11.3 Å². The van der Waals surface area contributed by atoms with Crippen molar-refractivity contribution in [3.8, 4) is 11.5 Å². The van der Waals surface area contributed by atoms with E-state index in [2.05, 4.69) is 11.0 Å². The quantitative estimate of drug-likeness (QED) is 0.871. The van der Waals surface area contributed by atoms with Crippen LogP contribution in [0.3, 0.4) is 0 Å². The standard InChI is InChI=1S/C21H32N2O3/c1-25-19-11-7-9-17(20(19)26-2)15-22-12-8-10-18(16-22)21(24)23-13-5-3-4-6-14-23/h7,9,11,18H,3-6,8,10,12-16H2,1-2H3/p+1/t18-/m0/s1. The molecule has 0 bridgehead atoms. The predicted molar refractivity (Wildman–Crippen MR) is 102 cm³/mol. The Hall–Kier alpha value is -1.75. The summed E-state index contributed by atoms with van der Waals surface area (Å²) in [6.07, 6.45) is 7.01. The van der Waals surface area contributed by atoms with E-state index in [0.717, 1.165) is 75.5 Å². The van der Waals surface area contributed by atoms with Crippen molar-refractivity contribution in [1.29, 1.82) is 0 Å². The number of nitrogens with one attached hydrogen (secondary N) is 1. The Morgan fingerprint density at radius 1 is 1.12 bits per heavy atom. The van der Waals surface area contributed by atoms with E-state index in [1.54, 1.807) is 14.2 Å². The summed E-state index contributed by atoms with van der Waals surface area (Å²) in [6, 6.07) is 6.05. The summed E-state index contributed by atoms with van der Waals surface area (Å²) in [7, 11) is 3.36. The number of piperidine rings is 1. The van der Waals surface area contributed by atoms with Crippen molar-refractivity contribution in [2.75, 3.05) is 40.4 Å². The first-order chi connectivity index (χ1) is 12.7. The zero-order valence-electron chi connectivity index (χ0n) is 16.3. The first kappa shape index (κ1) is 19.0. The molecule has 2 aliphatic rings. The van der Waals surface area contributed by atoms with Gasteiger partial charge in [-0.15, -0.1) is 0 Å². The fourth-order valence-corrected chi connectivity index (χ4v) is 4.43. The van der Waals surface area contributed by atoms with Crippen LogP contribution in [0.25, 0.3) is 0 Å². The summed E-state index contributed by atoms with van der Waals surface area (Å²) in [5, 5.41) is 0. The molecular weight excluding hydrogens is 328 g/mol. The Morgan fingerprint density at radius 3 is 2.58 bits per heavy atom. The number of amides is 1. The number of para-hydroxylation sites is 1. The Balaban J connectivity index is 1.64. The first-order valence-corrected chi connectivity index (χ1v) is 10.0. The Morgan fingerprint density at radius 2 is 1.88 bits per heavy atom. The Labute approximate surface area is 157 Å². The molecule has 1 amide bonds. The smallest absolute Gasteiger partial charge is 0.231 e. The van der Waals surface area contributed by atoms with E-state index in [0.29, 0.717) is 5.91 Å². The zero-order valence-corrected chi connectivity index (χ0v) is 16.3. The average molecular weight is 362 g/mol. The Bertz CT molecular complexity index is 597. The van der Waals surface area contributed by atoms with E-state index >= 15 is 0 Å². The van der Waals surface area contributed by atoms with Gasteiger partial charge < -0.3 is 19.3 Å². The van der Waals surface area contributed by atoms with Gasteiger partial charge in [-0.25, -0.2) is 0 Å². The molecule has 2 saturated heterocycles. The van der Waals surface area contributed by atoms with Crippen LogP contribution in [0.1, 0.15) is 44.1 Å². The first-order valence-electron chi connectivity index (χ1n) is 10.0. The van der Waals surface area contributed by atoms with Gasteiger partial charge in [0.05, 0.1) is 38.8 Å². The normalized spacial score (nSPS) is 24.0. The van der Waals surface area contributed by atoms with Crippen LogP contribution in [0.15, 0.2) is 18.2 Å².